The molecule has 0 N–H and O–H groups in total. The summed E-state index contributed by atoms with van der Waals surface area (Å²) in [6.45, 7) is 0. The third-order valence-corrected chi connectivity index (χ3v) is 1.90. The van der Waals surface area contributed by atoms with Gasteiger partial charge in [0.1, 0.15) is 5.75 Å². The molecule has 0 saturated carbocycles. The number of methoxy groups -OCH3 is 1. The highest BCUT2D eigenvalue weighted by atomic mass is 16.5. The first-order valence-corrected chi connectivity index (χ1v) is 4.66. The number of hydrogen-bond donors (Lipinski definition) is 0. The highest BCUT2D eigenvalue weighted by Gasteiger charge is 2.01. The van der Waals surface area contributed by atoms with Gasteiger partial charge in [0.15, 0.2) is 5.78 Å². The Hall–Kier alpha value is -1.77. The van der Waals surface area contributed by atoms with Gasteiger partial charge in [-0.3, -0.25) is 4.79 Å². The SMILES string of the molecule is COc1ccc(C(=O)/C=C/N(C)C)cc1. The molecule has 0 bridgehead atoms. The van der Waals surface area contributed by atoms with Gasteiger partial charge in [0.05, 0.1) is 7.11 Å². The number of benzene rings is 1. The predicted molar refractivity (Wildman–Crippen MR) is 60.2 cm³/mol. The zero-order valence-electron chi connectivity index (χ0n) is 9.23. The molecule has 3 nitrogen and oxygen atoms in total. The van der Waals surface area contributed by atoms with Gasteiger partial charge in [0, 0.05) is 31.9 Å². The monoisotopic (exact) mass is 205 g/mol. The summed E-state index contributed by atoms with van der Waals surface area (Å²) in [7, 11) is 5.35. The molecule has 0 aliphatic heterocycles. The fourth-order valence-corrected chi connectivity index (χ4v) is 1.07. The maximum atomic E-state index is 11.6. The van der Waals surface area contributed by atoms with Crippen molar-refractivity contribution in [1.29, 1.82) is 0 Å². The normalized spacial score (nSPS) is 10.3. The molecule has 0 fully saturated rings. The summed E-state index contributed by atoms with van der Waals surface area (Å²) in [5, 5.41) is 0. The summed E-state index contributed by atoms with van der Waals surface area (Å²) >= 11 is 0. The molecule has 0 spiro atoms. The van der Waals surface area contributed by atoms with Crippen molar-refractivity contribution in [1.82, 2.24) is 4.90 Å². The molecule has 0 saturated heterocycles. The second kappa shape index (κ2) is 5.20. The molecule has 0 amide bonds. The Balaban J connectivity index is 2.74. The van der Waals surface area contributed by atoms with E-state index in [1.54, 1.807) is 43.7 Å². The Bertz CT molecular complexity index is 352. The average Bonchev–Trinajstić information content (AvgIpc) is 2.26. The maximum absolute atomic E-state index is 11.6. The Morgan fingerprint density at radius 1 is 1.27 bits per heavy atom. The van der Waals surface area contributed by atoms with Crippen LogP contribution < -0.4 is 4.74 Å². The minimum Gasteiger partial charge on any atom is -0.497 e. The third-order valence-electron chi connectivity index (χ3n) is 1.90. The Morgan fingerprint density at radius 3 is 2.33 bits per heavy atom. The number of hydrogen-bond acceptors (Lipinski definition) is 3. The number of ether oxygens (including phenoxy) is 1. The van der Waals surface area contributed by atoms with Crippen LogP contribution in [-0.4, -0.2) is 31.9 Å². The number of allylic oxidation sites excluding steroid dienone is 1. The van der Waals surface area contributed by atoms with Crippen molar-refractivity contribution >= 4 is 5.78 Å². The summed E-state index contributed by atoms with van der Waals surface area (Å²) in [5.74, 6) is 0.745. The highest BCUT2D eigenvalue weighted by Crippen LogP contribution is 2.11. The lowest BCUT2D eigenvalue weighted by molar-refractivity contribution is 0.104. The second-order valence-electron chi connectivity index (χ2n) is 3.37. The molecular weight excluding hydrogens is 190 g/mol. The molecule has 1 aromatic carbocycles. The van der Waals surface area contributed by atoms with Gasteiger partial charge in [0.2, 0.25) is 0 Å². The van der Waals surface area contributed by atoms with Gasteiger partial charge in [-0.1, -0.05) is 0 Å². The smallest absolute Gasteiger partial charge is 0.187 e. The van der Waals surface area contributed by atoms with E-state index in [4.69, 9.17) is 4.74 Å². The lowest BCUT2D eigenvalue weighted by atomic mass is 10.1. The number of ketones is 1. The quantitative estimate of drug-likeness (QED) is 0.556. The standard InChI is InChI=1S/C12H15NO2/c1-13(2)9-8-12(14)10-4-6-11(15-3)7-5-10/h4-9H,1-3H3/b9-8+. The van der Waals surface area contributed by atoms with Crippen molar-refractivity contribution in [3.05, 3.63) is 42.1 Å². The van der Waals surface area contributed by atoms with Crippen LogP contribution >= 0.6 is 0 Å². The molecule has 0 aliphatic carbocycles. The minimum absolute atomic E-state index is 0.00801. The van der Waals surface area contributed by atoms with Crippen molar-refractivity contribution in [3.8, 4) is 5.75 Å². The van der Waals surface area contributed by atoms with E-state index in [-0.39, 0.29) is 5.78 Å². The first kappa shape index (κ1) is 11.3. The van der Waals surface area contributed by atoms with Gasteiger partial charge in [-0.15, -0.1) is 0 Å². The second-order valence-corrected chi connectivity index (χ2v) is 3.37. The summed E-state index contributed by atoms with van der Waals surface area (Å²) < 4.78 is 5.01. The number of rotatable bonds is 4. The summed E-state index contributed by atoms with van der Waals surface area (Å²) in [4.78, 5) is 13.4. The Morgan fingerprint density at radius 2 is 1.87 bits per heavy atom. The van der Waals surface area contributed by atoms with Gasteiger partial charge in [-0.25, -0.2) is 0 Å². The molecule has 15 heavy (non-hydrogen) atoms. The average molecular weight is 205 g/mol. The van der Waals surface area contributed by atoms with Crippen molar-refractivity contribution in [2.75, 3.05) is 21.2 Å². The maximum Gasteiger partial charge on any atom is 0.187 e. The van der Waals surface area contributed by atoms with E-state index in [1.165, 1.54) is 0 Å². The van der Waals surface area contributed by atoms with Gasteiger partial charge in [-0.2, -0.15) is 0 Å². The van der Waals surface area contributed by atoms with E-state index in [2.05, 4.69) is 0 Å². The predicted octanol–water partition coefficient (Wildman–Crippen LogP) is 1.95. The lowest BCUT2D eigenvalue weighted by Gasteiger charge is -2.03. The van der Waals surface area contributed by atoms with Crippen LogP contribution in [0.25, 0.3) is 0 Å². The van der Waals surface area contributed by atoms with Crippen LogP contribution in [0, 0.1) is 0 Å². The molecule has 0 aromatic heterocycles. The van der Waals surface area contributed by atoms with Gasteiger partial charge in [0.25, 0.3) is 0 Å². The van der Waals surface area contributed by atoms with Crippen LogP contribution in [0.1, 0.15) is 10.4 Å². The summed E-state index contributed by atoms with van der Waals surface area (Å²) in [6.07, 6.45) is 3.27. The van der Waals surface area contributed by atoms with Crippen LogP contribution in [0.3, 0.4) is 0 Å². The molecule has 0 aliphatic rings. The number of nitrogens with zero attached hydrogens (tertiary/aromatic N) is 1. The zero-order valence-corrected chi connectivity index (χ0v) is 9.23. The topological polar surface area (TPSA) is 29.5 Å². The van der Waals surface area contributed by atoms with Crippen LogP contribution in [0.15, 0.2) is 36.5 Å². The molecule has 0 atom stereocenters. The first-order chi connectivity index (χ1) is 7.13. The van der Waals surface area contributed by atoms with E-state index in [0.29, 0.717) is 5.56 Å². The van der Waals surface area contributed by atoms with Crippen molar-refractivity contribution in [2.45, 2.75) is 0 Å². The Kier molecular flexibility index (Phi) is 3.92. The summed E-state index contributed by atoms with van der Waals surface area (Å²) in [6, 6.07) is 7.05. The van der Waals surface area contributed by atoms with Gasteiger partial charge in [-0.05, 0) is 24.3 Å². The largest absolute Gasteiger partial charge is 0.497 e. The van der Waals surface area contributed by atoms with E-state index < -0.39 is 0 Å². The van der Waals surface area contributed by atoms with Crippen LogP contribution in [-0.2, 0) is 0 Å². The molecule has 1 aromatic rings. The van der Waals surface area contributed by atoms with Crippen LogP contribution in [0.5, 0.6) is 5.75 Å². The van der Waals surface area contributed by atoms with Crippen molar-refractivity contribution in [2.24, 2.45) is 0 Å². The summed E-state index contributed by atoms with van der Waals surface area (Å²) in [5.41, 5.74) is 0.661. The first-order valence-electron chi connectivity index (χ1n) is 4.66. The fourth-order valence-electron chi connectivity index (χ4n) is 1.07. The van der Waals surface area contributed by atoms with E-state index >= 15 is 0 Å². The van der Waals surface area contributed by atoms with E-state index in [0.717, 1.165) is 5.75 Å². The van der Waals surface area contributed by atoms with Gasteiger partial charge >= 0.3 is 0 Å². The molecule has 3 heteroatoms. The number of carbonyl (C=O) groups excluding carboxylic acids is 1. The molecule has 80 valence electrons. The van der Waals surface area contributed by atoms with Crippen molar-refractivity contribution < 1.29 is 9.53 Å². The van der Waals surface area contributed by atoms with E-state index in [1.807, 2.05) is 19.0 Å². The van der Waals surface area contributed by atoms with Crippen LogP contribution in [0.4, 0.5) is 0 Å². The molecular formula is C12H15NO2. The number of carbonyl (C=O) groups is 1. The van der Waals surface area contributed by atoms with Crippen LogP contribution in [0.2, 0.25) is 0 Å². The van der Waals surface area contributed by atoms with Crippen molar-refractivity contribution in [3.63, 3.8) is 0 Å². The van der Waals surface area contributed by atoms with E-state index in [9.17, 15) is 4.79 Å². The molecule has 0 unspecified atom stereocenters. The third kappa shape index (κ3) is 3.46. The minimum atomic E-state index is -0.00801. The molecule has 0 radical (unpaired) electrons. The molecule has 0 heterocycles. The molecule has 1 rings (SSSR count). The zero-order chi connectivity index (χ0) is 11.3. The van der Waals surface area contributed by atoms with Gasteiger partial charge < -0.3 is 9.64 Å². The highest BCUT2D eigenvalue weighted by molar-refractivity contribution is 6.04. The fraction of sp³-hybridized carbons (Fsp3) is 0.250. The Labute approximate surface area is 90.0 Å². The lowest BCUT2D eigenvalue weighted by Crippen LogP contribution is -2.03.